The minimum absolute atomic E-state index is 0.339. The van der Waals surface area contributed by atoms with Crippen LogP contribution >= 0.6 is 0 Å². The van der Waals surface area contributed by atoms with Crippen LogP contribution in [0.5, 0.6) is 0 Å². The first-order chi connectivity index (χ1) is 25.5. The molecule has 2 heterocycles. The Morgan fingerprint density at radius 3 is 1.69 bits per heavy atom. The molecule has 0 bridgehead atoms. The molecular formula is C46H26N4O2. The van der Waals surface area contributed by atoms with E-state index in [0.29, 0.717) is 33.6 Å². The van der Waals surface area contributed by atoms with Gasteiger partial charge in [0.2, 0.25) is 0 Å². The van der Waals surface area contributed by atoms with E-state index in [2.05, 4.69) is 24.3 Å². The molecule has 1 aliphatic heterocycles. The second kappa shape index (κ2) is 12.1. The lowest BCUT2D eigenvalue weighted by Gasteiger charge is -2.18. The summed E-state index contributed by atoms with van der Waals surface area (Å²) >= 11 is 0. The van der Waals surface area contributed by atoms with Crippen molar-refractivity contribution in [3.8, 4) is 51.2 Å². The molecule has 0 atom stereocenters. The number of nitrogens with zero attached hydrogens (tertiary/aromatic N) is 4. The molecule has 0 fully saturated rings. The molecule has 1 aliphatic rings. The molecule has 0 aliphatic carbocycles. The van der Waals surface area contributed by atoms with E-state index in [1.54, 1.807) is 24.3 Å². The summed E-state index contributed by atoms with van der Waals surface area (Å²) in [7, 11) is 0. The Balaban J connectivity index is 1.21. The van der Waals surface area contributed by atoms with Crippen molar-refractivity contribution < 1.29 is 9.59 Å². The molecule has 8 aromatic rings. The largest absolute Gasteiger partial charge is 0.308 e. The first kappa shape index (κ1) is 30.5. The van der Waals surface area contributed by atoms with E-state index in [1.165, 1.54) is 4.90 Å². The first-order valence-corrected chi connectivity index (χ1v) is 16.8. The van der Waals surface area contributed by atoms with Gasteiger partial charge in [-0.2, -0.15) is 10.5 Å². The Morgan fingerprint density at radius 1 is 0.442 bits per heavy atom. The summed E-state index contributed by atoms with van der Waals surface area (Å²) in [4.78, 5) is 30.3. The van der Waals surface area contributed by atoms with E-state index < -0.39 is 0 Å². The van der Waals surface area contributed by atoms with Gasteiger partial charge in [-0.25, -0.2) is 4.90 Å². The highest BCUT2D eigenvalue weighted by Crippen LogP contribution is 2.41. The molecule has 242 valence electrons. The molecule has 0 N–H and O–H groups in total. The topological polar surface area (TPSA) is 89.9 Å². The zero-order valence-corrected chi connectivity index (χ0v) is 27.6. The van der Waals surface area contributed by atoms with Gasteiger partial charge in [-0.1, -0.05) is 91.0 Å². The zero-order chi connectivity index (χ0) is 35.3. The molecular weight excluding hydrogens is 641 g/mol. The van der Waals surface area contributed by atoms with Gasteiger partial charge in [-0.05, 0) is 100 Å². The number of imide groups is 1. The van der Waals surface area contributed by atoms with Crippen LogP contribution in [0.1, 0.15) is 31.8 Å². The Morgan fingerprint density at radius 2 is 1.04 bits per heavy atom. The Bertz CT molecular complexity index is 2770. The number of rotatable bonds is 5. The lowest BCUT2D eigenvalue weighted by Crippen LogP contribution is -2.29. The molecule has 0 spiro atoms. The van der Waals surface area contributed by atoms with Crippen LogP contribution in [0.4, 0.5) is 5.69 Å². The fourth-order valence-corrected chi connectivity index (χ4v) is 7.36. The van der Waals surface area contributed by atoms with Crippen molar-refractivity contribution in [1.82, 2.24) is 4.57 Å². The van der Waals surface area contributed by atoms with Crippen molar-refractivity contribution in [1.29, 1.82) is 10.5 Å². The SMILES string of the molecule is N#Cc1cc(C#N)cc(-c2ccc3c(c2)c2ccccc2n3-c2cccc3c2C(=O)N(c2cc(-c4ccccc4)cc(-c4ccccc4)c2)C3=O)c1. The van der Waals surface area contributed by atoms with Crippen molar-refractivity contribution >= 4 is 39.3 Å². The minimum Gasteiger partial charge on any atom is -0.308 e. The van der Waals surface area contributed by atoms with Gasteiger partial charge >= 0.3 is 0 Å². The summed E-state index contributed by atoms with van der Waals surface area (Å²) in [6, 6.07) is 54.6. The van der Waals surface area contributed by atoms with E-state index >= 15 is 0 Å². The third kappa shape index (κ3) is 4.87. The summed E-state index contributed by atoms with van der Waals surface area (Å²) in [6.07, 6.45) is 0. The number of aromatic nitrogens is 1. The number of fused-ring (bicyclic) bond motifs is 4. The Hall–Kier alpha value is -7.54. The molecule has 1 aromatic heterocycles. The molecule has 0 radical (unpaired) electrons. The van der Waals surface area contributed by atoms with Gasteiger partial charge in [-0.3, -0.25) is 9.59 Å². The fourth-order valence-electron chi connectivity index (χ4n) is 7.36. The second-order valence-corrected chi connectivity index (χ2v) is 12.8. The average Bonchev–Trinajstić information content (AvgIpc) is 3.68. The fraction of sp³-hybridized carbons (Fsp3) is 0. The van der Waals surface area contributed by atoms with Gasteiger partial charge < -0.3 is 4.57 Å². The Kier molecular flexibility index (Phi) is 7.10. The van der Waals surface area contributed by atoms with Crippen LogP contribution < -0.4 is 4.90 Å². The zero-order valence-electron chi connectivity index (χ0n) is 27.6. The second-order valence-electron chi connectivity index (χ2n) is 12.8. The molecule has 6 nitrogen and oxygen atoms in total. The van der Waals surface area contributed by atoms with Crippen molar-refractivity contribution in [3.05, 3.63) is 180 Å². The summed E-state index contributed by atoms with van der Waals surface area (Å²) in [5, 5.41) is 21.1. The van der Waals surface area contributed by atoms with Crippen LogP contribution in [-0.2, 0) is 0 Å². The number of para-hydroxylation sites is 1. The quantitative estimate of drug-likeness (QED) is 0.171. The predicted molar refractivity (Wildman–Crippen MR) is 204 cm³/mol. The van der Waals surface area contributed by atoms with Crippen molar-refractivity contribution in [2.45, 2.75) is 0 Å². The smallest absolute Gasteiger partial charge is 0.268 e. The van der Waals surface area contributed by atoms with Crippen molar-refractivity contribution in [2.75, 3.05) is 4.90 Å². The van der Waals surface area contributed by atoms with Crippen molar-refractivity contribution in [2.24, 2.45) is 0 Å². The van der Waals surface area contributed by atoms with E-state index in [-0.39, 0.29) is 11.8 Å². The molecule has 6 heteroatoms. The van der Waals surface area contributed by atoms with E-state index in [1.807, 2.05) is 126 Å². The molecule has 0 saturated heterocycles. The highest BCUT2D eigenvalue weighted by atomic mass is 16.2. The number of hydrogen-bond donors (Lipinski definition) is 0. The van der Waals surface area contributed by atoms with Crippen LogP contribution in [0.25, 0.3) is 60.9 Å². The number of carbonyl (C=O) groups is 2. The van der Waals surface area contributed by atoms with Gasteiger partial charge in [-0.15, -0.1) is 0 Å². The normalized spacial score (nSPS) is 12.2. The minimum atomic E-state index is -0.389. The van der Waals surface area contributed by atoms with E-state index in [0.717, 1.165) is 55.2 Å². The van der Waals surface area contributed by atoms with E-state index in [4.69, 9.17) is 0 Å². The standard InChI is InChI=1S/C46H26N4O2/c47-27-29-20-30(28-48)22-34(21-29)33-18-19-42-40(26-33)38-14-7-8-16-41(38)50(42)43-17-9-15-39-44(43)46(52)49(45(39)51)37-24-35(31-10-3-1-4-11-31)23-36(25-37)32-12-5-2-6-13-32/h1-26H. The molecule has 2 amide bonds. The average molecular weight is 667 g/mol. The number of nitriles is 2. The Labute approximate surface area is 299 Å². The van der Waals surface area contributed by atoms with Gasteiger partial charge in [0, 0.05) is 10.8 Å². The lowest BCUT2D eigenvalue weighted by atomic mass is 9.97. The van der Waals surface area contributed by atoms with Crippen LogP contribution in [0.2, 0.25) is 0 Å². The van der Waals surface area contributed by atoms with Crippen LogP contribution in [0, 0.1) is 22.7 Å². The maximum absolute atomic E-state index is 14.7. The number of benzene rings is 7. The molecule has 7 aromatic carbocycles. The predicted octanol–water partition coefficient (Wildman–Crippen LogP) is 10.3. The first-order valence-electron chi connectivity index (χ1n) is 16.8. The summed E-state index contributed by atoms with van der Waals surface area (Å²) in [5.41, 5.74) is 9.71. The maximum Gasteiger partial charge on any atom is 0.268 e. The number of anilines is 1. The van der Waals surface area contributed by atoms with Gasteiger partial charge in [0.25, 0.3) is 11.8 Å². The van der Waals surface area contributed by atoms with Gasteiger partial charge in [0.05, 0.1) is 56.8 Å². The van der Waals surface area contributed by atoms with Crippen molar-refractivity contribution in [3.63, 3.8) is 0 Å². The van der Waals surface area contributed by atoms with Crippen LogP contribution in [0.15, 0.2) is 158 Å². The van der Waals surface area contributed by atoms with Crippen LogP contribution in [0.3, 0.4) is 0 Å². The third-order valence-corrected chi connectivity index (χ3v) is 9.72. The molecule has 9 rings (SSSR count). The van der Waals surface area contributed by atoms with Gasteiger partial charge in [0.1, 0.15) is 0 Å². The number of amides is 2. The lowest BCUT2D eigenvalue weighted by molar-refractivity contribution is 0.0926. The highest BCUT2D eigenvalue weighted by Gasteiger charge is 2.39. The highest BCUT2D eigenvalue weighted by molar-refractivity contribution is 6.36. The third-order valence-electron chi connectivity index (χ3n) is 9.72. The van der Waals surface area contributed by atoms with Crippen LogP contribution in [-0.4, -0.2) is 16.4 Å². The molecule has 52 heavy (non-hydrogen) atoms. The monoisotopic (exact) mass is 666 g/mol. The summed E-state index contributed by atoms with van der Waals surface area (Å²) in [6.45, 7) is 0. The number of carbonyl (C=O) groups excluding carboxylic acids is 2. The maximum atomic E-state index is 14.7. The number of hydrogen-bond acceptors (Lipinski definition) is 4. The van der Waals surface area contributed by atoms with Gasteiger partial charge in [0.15, 0.2) is 0 Å². The summed E-state index contributed by atoms with van der Waals surface area (Å²) < 4.78 is 2.05. The molecule has 0 unspecified atom stereocenters. The summed E-state index contributed by atoms with van der Waals surface area (Å²) in [5.74, 6) is -0.764. The van der Waals surface area contributed by atoms with E-state index in [9.17, 15) is 20.1 Å². The molecule has 0 saturated carbocycles.